The largest absolute Gasteiger partial charge is 0.492 e. The topological polar surface area (TPSA) is 50.5 Å². The molecule has 1 aliphatic rings. The van der Waals surface area contributed by atoms with Crippen molar-refractivity contribution in [3.05, 3.63) is 46.8 Å². The van der Waals surface area contributed by atoms with E-state index in [2.05, 4.69) is 43.0 Å². The van der Waals surface area contributed by atoms with E-state index in [4.69, 9.17) is 4.74 Å². The first kappa shape index (κ1) is 18.0. The number of aromatic nitrogens is 2. The summed E-state index contributed by atoms with van der Waals surface area (Å²) in [5, 5.41) is 14.9. The lowest BCUT2D eigenvalue weighted by atomic mass is 9.97. The van der Waals surface area contributed by atoms with Gasteiger partial charge in [-0.15, -0.1) is 0 Å². The second kappa shape index (κ2) is 7.58. The van der Waals surface area contributed by atoms with Crippen molar-refractivity contribution < 1.29 is 9.84 Å². The summed E-state index contributed by atoms with van der Waals surface area (Å²) in [6.45, 7) is 9.57. The fourth-order valence-electron chi connectivity index (χ4n) is 3.44. The Kier molecular flexibility index (Phi) is 5.45. The first-order valence-electron chi connectivity index (χ1n) is 9.07. The smallest absolute Gasteiger partial charge is 0.123 e. The number of aryl methyl sites for hydroxylation is 2. The summed E-state index contributed by atoms with van der Waals surface area (Å²) >= 11 is 0. The van der Waals surface area contributed by atoms with Crippen molar-refractivity contribution in [3.63, 3.8) is 0 Å². The van der Waals surface area contributed by atoms with Gasteiger partial charge in [0.2, 0.25) is 0 Å². The maximum absolute atomic E-state index is 10.4. The molecule has 1 unspecified atom stereocenters. The molecule has 25 heavy (non-hydrogen) atoms. The van der Waals surface area contributed by atoms with E-state index in [1.165, 1.54) is 5.56 Å². The van der Waals surface area contributed by atoms with Gasteiger partial charge in [0.15, 0.2) is 0 Å². The summed E-state index contributed by atoms with van der Waals surface area (Å²) in [6.07, 6.45) is 2.45. The molecular formula is C20H29N3O2. The van der Waals surface area contributed by atoms with E-state index in [9.17, 15) is 5.11 Å². The average Bonchev–Trinajstić information content (AvgIpc) is 2.74. The zero-order valence-corrected chi connectivity index (χ0v) is 15.7. The van der Waals surface area contributed by atoms with E-state index in [0.29, 0.717) is 12.5 Å². The third kappa shape index (κ3) is 4.41. The zero-order chi connectivity index (χ0) is 18.0. The van der Waals surface area contributed by atoms with Crippen LogP contribution < -0.4 is 4.74 Å². The number of aliphatic hydroxyl groups excluding tert-OH is 1. The highest BCUT2D eigenvalue weighted by molar-refractivity contribution is 5.38. The number of nitrogens with zero attached hydrogens (tertiary/aromatic N) is 3. The van der Waals surface area contributed by atoms with E-state index >= 15 is 0 Å². The van der Waals surface area contributed by atoms with Gasteiger partial charge in [0, 0.05) is 44.0 Å². The Bertz CT molecular complexity index is 724. The number of ether oxygens (including phenoxy) is 1. The minimum absolute atomic E-state index is 0.414. The molecule has 5 nitrogen and oxygen atoms in total. The van der Waals surface area contributed by atoms with E-state index in [-0.39, 0.29) is 0 Å². The molecule has 0 bridgehead atoms. The van der Waals surface area contributed by atoms with Gasteiger partial charge in [-0.2, -0.15) is 5.10 Å². The first-order chi connectivity index (χ1) is 11.9. The average molecular weight is 343 g/mol. The maximum Gasteiger partial charge on any atom is 0.123 e. The number of rotatable bonds is 5. The van der Waals surface area contributed by atoms with Gasteiger partial charge in [0.25, 0.3) is 0 Å². The molecule has 2 aromatic rings. The lowest BCUT2D eigenvalue weighted by Gasteiger charge is -2.20. The minimum atomic E-state index is -0.414. The monoisotopic (exact) mass is 343 g/mol. The van der Waals surface area contributed by atoms with Crippen LogP contribution in [0.15, 0.2) is 24.4 Å². The van der Waals surface area contributed by atoms with Crippen molar-refractivity contribution in [2.75, 3.05) is 13.2 Å². The molecule has 3 rings (SSSR count). The molecule has 0 amide bonds. The summed E-state index contributed by atoms with van der Waals surface area (Å²) in [4.78, 5) is 2.38. The third-order valence-electron chi connectivity index (χ3n) is 4.73. The predicted molar refractivity (Wildman–Crippen MR) is 98.4 cm³/mol. The molecule has 1 aromatic heterocycles. The van der Waals surface area contributed by atoms with Gasteiger partial charge in [0.05, 0.1) is 11.8 Å². The van der Waals surface area contributed by atoms with Crippen LogP contribution in [0.3, 0.4) is 0 Å². The number of hydrogen-bond acceptors (Lipinski definition) is 4. The quantitative estimate of drug-likeness (QED) is 0.906. The molecule has 0 saturated heterocycles. The van der Waals surface area contributed by atoms with Crippen molar-refractivity contribution in [2.45, 2.75) is 46.4 Å². The van der Waals surface area contributed by atoms with Crippen LogP contribution in [0, 0.1) is 12.8 Å². The second-order valence-electron chi connectivity index (χ2n) is 7.49. The van der Waals surface area contributed by atoms with E-state index in [1.807, 2.05) is 23.9 Å². The Labute approximate surface area is 150 Å². The third-order valence-corrected chi connectivity index (χ3v) is 4.73. The van der Waals surface area contributed by atoms with Crippen LogP contribution in [0.4, 0.5) is 0 Å². The Morgan fingerprint density at radius 2 is 2.12 bits per heavy atom. The van der Waals surface area contributed by atoms with E-state index in [1.54, 1.807) is 0 Å². The fraction of sp³-hybridized carbons (Fsp3) is 0.550. The Morgan fingerprint density at radius 1 is 1.32 bits per heavy atom. The van der Waals surface area contributed by atoms with Gasteiger partial charge < -0.3 is 9.84 Å². The van der Waals surface area contributed by atoms with Crippen LogP contribution >= 0.6 is 0 Å². The lowest BCUT2D eigenvalue weighted by Crippen LogP contribution is -2.25. The van der Waals surface area contributed by atoms with Gasteiger partial charge in [-0.3, -0.25) is 9.58 Å². The van der Waals surface area contributed by atoms with E-state index < -0.39 is 6.10 Å². The summed E-state index contributed by atoms with van der Waals surface area (Å²) in [5.74, 6) is 1.40. The molecule has 0 spiro atoms. The molecule has 2 heterocycles. The van der Waals surface area contributed by atoms with Crippen LogP contribution in [0.1, 0.15) is 48.8 Å². The number of hydrogen-bond donors (Lipinski definition) is 1. The number of aliphatic hydroxyl groups is 1. The first-order valence-corrected chi connectivity index (χ1v) is 9.07. The van der Waals surface area contributed by atoms with Crippen LogP contribution in [-0.4, -0.2) is 32.9 Å². The number of benzene rings is 1. The molecule has 1 aliphatic heterocycles. The summed E-state index contributed by atoms with van der Waals surface area (Å²) in [7, 11) is 1.96. The van der Waals surface area contributed by atoms with Crippen LogP contribution in [0.25, 0.3) is 0 Å². The summed E-state index contributed by atoms with van der Waals surface area (Å²) < 4.78 is 7.79. The van der Waals surface area contributed by atoms with Crippen molar-refractivity contribution in [3.8, 4) is 5.75 Å². The standard InChI is InChI=1S/C20H29N3O2/c1-14(2)9-19(24)16-5-6-20-17(10-16)12-23(7-8-25-20)13-18-11-22(4)21-15(18)3/h5-6,10-11,14,19,24H,7-9,12-13H2,1-4H3. The second-order valence-corrected chi connectivity index (χ2v) is 7.49. The Balaban J connectivity index is 1.77. The normalized spacial score (nSPS) is 16.4. The molecule has 0 saturated carbocycles. The molecule has 1 N–H and O–H groups in total. The molecule has 1 atom stereocenters. The molecular weight excluding hydrogens is 314 g/mol. The van der Waals surface area contributed by atoms with Gasteiger partial charge in [0.1, 0.15) is 12.4 Å². The maximum atomic E-state index is 10.4. The van der Waals surface area contributed by atoms with Crippen molar-refractivity contribution in [2.24, 2.45) is 13.0 Å². The van der Waals surface area contributed by atoms with Crippen LogP contribution in [-0.2, 0) is 20.1 Å². The molecule has 5 heteroatoms. The summed E-state index contributed by atoms with van der Waals surface area (Å²) in [5.41, 5.74) is 4.46. The minimum Gasteiger partial charge on any atom is -0.492 e. The predicted octanol–water partition coefficient (Wildman–Crippen LogP) is 3.20. The lowest BCUT2D eigenvalue weighted by molar-refractivity contribution is 0.151. The highest BCUT2D eigenvalue weighted by Gasteiger charge is 2.19. The SMILES string of the molecule is Cc1nn(C)cc1CN1CCOc2ccc(C(O)CC(C)C)cc2C1. The highest BCUT2D eigenvalue weighted by Crippen LogP contribution is 2.29. The molecule has 136 valence electrons. The summed E-state index contributed by atoms with van der Waals surface area (Å²) in [6, 6.07) is 6.11. The Hall–Kier alpha value is -1.85. The Morgan fingerprint density at radius 3 is 2.80 bits per heavy atom. The van der Waals surface area contributed by atoms with Crippen molar-refractivity contribution in [1.82, 2.24) is 14.7 Å². The van der Waals surface area contributed by atoms with Gasteiger partial charge in [-0.25, -0.2) is 0 Å². The van der Waals surface area contributed by atoms with Gasteiger partial charge in [-0.1, -0.05) is 19.9 Å². The van der Waals surface area contributed by atoms with Crippen molar-refractivity contribution in [1.29, 1.82) is 0 Å². The zero-order valence-electron chi connectivity index (χ0n) is 15.7. The number of fused-ring (bicyclic) bond motifs is 1. The molecule has 0 aliphatic carbocycles. The van der Waals surface area contributed by atoms with Crippen molar-refractivity contribution >= 4 is 0 Å². The highest BCUT2D eigenvalue weighted by atomic mass is 16.5. The van der Waals surface area contributed by atoms with Crippen LogP contribution in [0.2, 0.25) is 0 Å². The molecule has 0 fully saturated rings. The van der Waals surface area contributed by atoms with Gasteiger partial charge in [-0.05, 0) is 37.0 Å². The van der Waals surface area contributed by atoms with Crippen LogP contribution in [0.5, 0.6) is 5.75 Å². The fourth-order valence-corrected chi connectivity index (χ4v) is 3.44. The molecule has 0 radical (unpaired) electrons. The molecule has 1 aromatic carbocycles. The van der Waals surface area contributed by atoms with E-state index in [0.717, 1.165) is 48.6 Å². The van der Waals surface area contributed by atoms with Gasteiger partial charge >= 0.3 is 0 Å².